The Labute approximate surface area is 148 Å². The molecule has 4 nitrogen and oxygen atoms in total. The highest BCUT2D eigenvalue weighted by atomic mass is 32.1. The molecule has 0 spiro atoms. The summed E-state index contributed by atoms with van der Waals surface area (Å²) in [6, 6.07) is 6.05. The highest BCUT2D eigenvalue weighted by Gasteiger charge is 2.30. The van der Waals surface area contributed by atoms with Crippen LogP contribution < -0.4 is 10.5 Å². The molecule has 8 heteroatoms. The van der Waals surface area contributed by atoms with Crippen molar-refractivity contribution in [3.63, 3.8) is 0 Å². The number of halogens is 3. The fourth-order valence-corrected chi connectivity index (χ4v) is 4.07. The molecule has 1 saturated heterocycles. The molecule has 2 heterocycles. The van der Waals surface area contributed by atoms with Crippen LogP contribution in [0, 0.1) is 5.82 Å². The first-order valence-corrected chi connectivity index (χ1v) is 9.04. The molecule has 2 aromatic rings. The molecule has 1 aromatic heterocycles. The molecule has 25 heavy (non-hydrogen) atoms. The first kappa shape index (κ1) is 18.2. The molecule has 1 aliphatic heterocycles. The molecule has 1 atom stereocenters. The summed E-state index contributed by atoms with van der Waals surface area (Å²) in [6.45, 7) is 1.56. The zero-order chi connectivity index (χ0) is 17.8. The van der Waals surface area contributed by atoms with Crippen molar-refractivity contribution in [1.29, 1.82) is 0 Å². The molecule has 1 aromatic carbocycles. The lowest BCUT2D eigenvalue weighted by Crippen LogP contribution is -2.42. The van der Waals surface area contributed by atoms with Gasteiger partial charge in [-0.1, -0.05) is 12.1 Å². The lowest BCUT2D eigenvalue weighted by atomic mass is 10.0. The Morgan fingerprint density at radius 1 is 1.28 bits per heavy atom. The number of piperidine rings is 1. The minimum absolute atomic E-state index is 0.0948. The molecular formula is C17H20F3N3OS. The number of thiazole rings is 1. The number of hydrogen-bond donors (Lipinski definition) is 1. The molecule has 2 N–H and O–H groups in total. The minimum Gasteiger partial charge on any atom is -0.487 e. The summed E-state index contributed by atoms with van der Waals surface area (Å²) in [5, 5.41) is 0. The lowest BCUT2D eigenvalue weighted by Gasteiger charge is -2.37. The van der Waals surface area contributed by atoms with Crippen molar-refractivity contribution in [3.05, 3.63) is 46.2 Å². The smallest absolute Gasteiger partial charge is 0.281 e. The monoisotopic (exact) mass is 371 g/mol. The first-order valence-electron chi connectivity index (χ1n) is 8.17. The van der Waals surface area contributed by atoms with E-state index in [0.717, 1.165) is 0 Å². The summed E-state index contributed by atoms with van der Waals surface area (Å²) in [5.74, 6) is -0.130. The van der Waals surface area contributed by atoms with Crippen molar-refractivity contribution < 1.29 is 17.9 Å². The maximum Gasteiger partial charge on any atom is 0.281 e. The summed E-state index contributed by atoms with van der Waals surface area (Å²) in [4.78, 5) is 6.40. The van der Waals surface area contributed by atoms with E-state index in [2.05, 4.69) is 9.88 Å². The Bertz CT molecular complexity index is 689. The quantitative estimate of drug-likeness (QED) is 0.840. The van der Waals surface area contributed by atoms with Crippen molar-refractivity contribution in [2.75, 3.05) is 19.6 Å². The maximum atomic E-state index is 13.7. The summed E-state index contributed by atoms with van der Waals surface area (Å²) < 4.78 is 45.6. The van der Waals surface area contributed by atoms with Gasteiger partial charge >= 0.3 is 0 Å². The van der Waals surface area contributed by atoms with Gasteiger partial charge in [0.2, 0.25) is 0 Å². The van der Waals surface area contributed by atoms with E-state index in [4.69, 9.17) is 10.5 Å². The Hall–Kier alpha value is -1.64. The standard InChI is InChI=1S/C17H20F3N3OS/c18-12-3-1-2-4-14(12)24-11-5-7-23(8-6-11)13(9-21)16-15(17(19)20)22-10-25-16/h1-4,10-11,13,17H,5-9,21H2. The molecule has 1 unspecified atom stereocenters. The number of likely N-dealkylation sites (tertiary alicyclic amines) is 1. The second-order valence-electron chi connectivity index (χ2n) is 5.94. The lowest BCUT2D eigenvalue weighted by molar-refractivity contribution is 0.0733. The van der Waals surface area contributed by atoms with Gasteiger partial charge in [0.05, 0.1) is 16.4 Å². The molecule has 0 saturated carbocycles. The van der Waals surface area contributed by atoms with E-state index in [1.807, 2.05) is 0 Å². The van der Waals surface area contributed by atoms with Crippen LogP contribution in [-0.4, -0.2) is 35.6 Å². The van der Waals surface area contributed by atoms with Gasteiger partial charge in [-0.3, -0.25) is 4.90 Å². The number of nitrogens with zero attached hydrogens (tertiary/aromatic N) is 2. The van der Waals surface area contributed by atoms with E-state index in [-0.39, 0.29) is 36.0 Å². The molecule has 1 fully saturated rings. The average molecular weight is 371 g/mol. The van der Waals surface area contributed by atoms with E-state index in [0.29, 0.717) is 30.8 Å². The number of alkyl halides is 2. The van der Waals surface area contributed by atoms with Gasteiger partial charge in [0.1, 0.15) is 11.8 Å². The maximum absolute atomic E-state index is 13.7. The SMILES string of the molecule is NCC(c1scnc1C(F)F)N1CCC(Oc2ccccc2F)CC1. The van der Waals surface area contributed by atoms with Crippen molar-refractivity contribution in [1.82, 2.24) is 9.88 Å². The molecule has 1 aliphatic rings. The van der Waals surface area contributed by atoms with E-state index in [1.54, 1.807) is 18.2 Å². The van der Waals surface area contributed by atoms with E-state index in [9.17, 15) is 13.2 Å². The molecule has 3 rings (SSSR count). The summed E-state index contributed by atoms with van der Waals surface area (Å²) in [6.07, 6.45) is -1.32. The van der Waals surface area contributed by atoms with Crippen molar-refractivity contribution in [2.45, 2.75) is 31.4 Å². The summed E-state index contributed by atoms with van der Waals surface area (Å²) >= 11 is 1.22. The van der Waals surface area contributed by atoms with Crippen molar-refractivity contribution in [3.8, 4) is 5.75 Å². The second-order valence-corrected chi connectivity index (χ2v) is 6.82. The van der Waals surface area contributed by atoms with Crippen LogP contribution in [0.15, 0.2) is 29.8 Å². The third-order valence-corrected chi connectivity index (χ3v) is 5.35. The highest BCUT2D eigenvalue weighted by Crippen LogP contribution is 2.34. The zero-order valence-corrected chi connectivity index (χ0v) is 14.4. The van der Waals surface area contributed by atoms with Gasteiger partial charge in [-0.05, 0) is 25.0 Å². The molecule has 136 valence electrons. The van der Waals surface area contributed by atoms with Crippen LogP contribution in [0.3, 0.4) is 0 Å². The van der Waals surface area contributed by atoms with Crippen LogP contribution in [0.5, 0.6) is 5.75 Å². The second kappa shape index (κ2) is 8.16. The van der Waals surface area contributed by atoms with Crippen LogP contribution in [0.25, 0.3) is 0 Å². The molecule has 0 aliphatic carbocycles. The summed E-state index contributed by atoms with van der Waals surface area (Å²) in [5.41, 5.74) is 7.12. The van der Waals surface area contributed by atoms with Gasteiger partial charge in [0.15, 0.2) is 11.6 Å². The van der Waals surface area contributed by atoms with Crippen LogP contribution in [-0.2, 0) is 0 Å². The Balaban J connectivity index is 1.62. The normalized spacial score (nSPS) is 17.8. The van der Waals surface area contributed by atoms with Gasteiger partial charge in [-0.25, -0.2) is 18.2 Å². The molecular weight excluding hydrogens is 351 g/mol. The topological polar surface area (TPSA) is 51.4 Å². The van der Waals surface area contributed by atoms with Crippen LogP contribution in [0.1, 0.15) is 35.9 Å². The number of benzene rings is 1. The van der Waals surface area contributed by atoms with Gasteiger partial charge in [0.25, 0.3) is 6.43 Å². The third-order valence-electron chi connectivity index (χ3n) is 4.40. The van der Waals surface area contributed by atoms with Crippen LogP contribution in [0.4, 0.5) is 13.2 Å². The van der Waals surface area contributed by atoms with E-state index < -0.39 is 6.43 Å². The van der Waals surface area contributed by atoms with Crippen molar-refractivity contribution in [2.24, 2.45) is 5.73 Å². The predicted octanol–water partition coefficient (Wildman–Crippen LogP) is 3.76. The number of para-hydroxylation sites is 1. The molecule has 0 radical (unpaired) electrons. The zero-order valence-electron chi connectivity index (χ0n) is 13.6. The number of nitrogens with two attached hydrogens (primary N) is 1. The largest absolute Gasteiger partial charge is 0.487 e. The Morgan fingerprint density at radius 3 is 2.64 bits per heavy atom. The number of ether oxygens (including phenoxy) is 1. The van der Waals surface area contributed by atoms with Gasteiger partial charge in [-0.15, -0.1) is 11.3 Å². The molecule has 0 amide bonds. The van der Waals surface area contributed by atoms with Gasteiger partial charge < -0.3 is 10.5 Å². The van der Waals surface area contributed by atoms with Crippen LogP contribution >= 0.6 is 11.3 Å². The first-order chi connectivity index (χ1) is 12.1. The Kier molecular flexibility index (Phi) is 5.93. The number of rotatable bonds is 6. The number of aromatic nitrogens is 1. The minimum atomic E-state index is -2.60. The van der Waals surface area contributed by atoms with Crippen molar-refractivity contribution >= 4 is 11.3 Å². The number of hydrogen-bond acceptors (Lipinski definition) is 5. The fraction of sp³-hybridized carbons (Fsp3) is 0.471. The molecule has 0 bridgehead atoms. The van der Waals surface area contributed by atoms with Gasteiger partial charge in [-0.2, -0.15) is 0 Å². The predicted molar refractivity (Wildman–Crippen MR) is 90.5 cm³/mol. The van der Waals surface area contributed by atoms with Crippen LogP contribution in [0.2, 0.25) is 0 Å². The average Bonchev–Trinajstić information content (AvgIpc) is 3.09. The highest BCUT2D eigenvalue weighted by molar-refractivity contribution is 7.09. The van der Waals surface area contributed by atoms with E-state index >= 15 is 0 Å². The van der Waals surface area contributed by atoms with Gasteiger partial charge in [0, 0.05) is 19.6 Å². The Morgan fingerprint density at radius 2 is 2.00 bits per heavy atom. The fourth-order valence-electron chi connectivity index (χ4n) is 3.12. The third kappa shape index (κ3) is 4.13. The van der Waals surface area contributed by atoms with E-state index in [1.165, 1.54) is 22.9 Å². The summed E-state index contributed by atoms with van der Waals surface area (Å²) in [7, 11) is 0.